The van der Waals surface area contributed by atoms with Gasteiger partial charge in [-0.15, -0.1) is 0 Å². The Morgan fingerprint density at radius 3 is 1.23 bits per heavy atom. The molecule has 0 N–H and O–H groups in total. The molecule has 0 atom stereocenters. The monoisotopic (exact) mass is 848 g/mol. The lowest BCUT2D eigenvalue weighted by atomic mass is 10.0. The van der Waals surface area contributed by atoms with Crippen molar-refractivity contribution in [1.29, 1.82) is 0 Å². The Bertz CT molecular complexity index is 2670. The van der Waals surface area contributed by atoms with Crippen LogP contribution in [0.1, 0.15) is 152 Å². The smallest absolute Gasteiger partial charge is 0.194 e. The van der Waals surface area contributed by atoms with Crippen molar-refractivity contribution in [2.45, 2.75) is 112 Å². The minimum atomic E-state index is -1.46. The topological polar surface area (TPSA) is 0 Å². The van der Waals surface area contributed by atoms with Gasteiger partial charge in [-0.3, -0.25) is 0 Å². The lowest BCUT2D eigenvalue weighted by Gasteiger charge is -2.05. The average Bonchev–Trinajstić information content (AvgIpc) is 3.33. The number of rotatable bonds is 12. The molecule has 0 amide bonds. The number of hydrogen-bond acceptors (Lipinski definition) is 0. The number of hydrogen-bond donors (Lipinski definition) is 0. The fourth-order valence-corrected chi connectivity index (χ4v) is 7.07. The van der Waals surface area contributed by atoms with Crippen molar-refractivity contribution in [2.24, 2.45) is 0 Å². The average molecular weight is 849 g/mol. The molecular formula is C61H59F3. The summed E-state index contributed by atoms with van der Waals surface area (Å²) in [7, 11) is 0. The zero-order valence-corrected chi connectivity index (χ0v) is 38.2. The molecule has 0 aliphatic heterocycles. The highest BCUT2D eigenvalue weighted by atomic mass is 19.2. The molecule has 324 valence electrons. The molecule has 0 spiro atoms. The fourth-order valence-electron chi connectivity index (χ4n) is 7.07. The normalized spacial score (nSPS) is 10.1. The maximum absolute atomic E-state index is 13.9. The second-order valence-corrected chi connectivity index (χ2v) is 15.9. The van der Waals surface area contributed by atoms with Crippen LogP contribution in [0.25, 0.3) is 0 Å². The Labute approximate surface area is 381 Å². The van der Waals surface area contributed by atoms with Gasteiger partial charge in [0.25, 0.3) is 0 Å². The predicted octanol–water partition coefficient (Wildman–Crippen LogP) is 14.9. The van der Waals surface area contributed by atoms with Gasteiger partial charge in [-0.25, -0.2) is 13.2 Å². The largest absolute Gasteiger partial charge is 0.204 e. The van der Waals surface area contributed by atoms with Gasteiger partial charge >= 0.3 is 0 Å². The first-order valence-corrected chi connectivity index (χ1v) is 23.0. The van der Waals surface area contributed by atoms with Crippen molar-refractivity contribution in [3.05, 3.63) is 211 Å². The SMILES string of the molecule is CCCCCCc1ccc(C#Cc2ccc(C#Cc3ccc(CCC)cc3)c(CC)c2)cc1.CCCCc1ccc(C#Cc2ccc(C#Cc3cc(F)c(F)c(F)c3CC)cc2)cc1. The van der Waals surface area contributed by atoms with Crippen molar-refractivity contribution in [3.63, 3.8) is 0 Å². The summed E-state index contributed by atoms with van der Waals surface area (Å²) in [6, 6.07) is 40.3. The van der Waals surface area contributed by atoms with Crippen LogP contribution in [0.5, 0.6) is 0 Å². The molecule has 6 rings (SSSR count). The van der Waals surface area contributed by atoms with Crippen LogP contribution in [0.3, 0.4) is 0 Å². The number of aryl methyl sites for hydroxylation is 4. The minimum Gasteiger partial charge on any atom is -0.204 e. The second-order valence-electron chi connectivity index (χ2n) is 15.9. The molecule has 3 heteroatoms. The van der Waals surface area contributed by atoms with Crippen LogP contribution >= 0.6 is 0 Å². The standard InChI is InChI=1S/C33H36.C28H23F3/c1-4-7-8-9-11-28-14-18-29(19-15-28)20-21-31-23-25-33(32(6-3)26-31)24-22-30-16-12-27(10-5-2)13-17-30;1-3-5-6-20-7-9-21(10-8-20)11-12-22-13-15-23(16-14-22)17-18-24-19-26(29)28(31)27(30)25(24)4-2/h12-19,23,25-26H,4-11H2,1-3H3;7-10,13-16,19H,3-6H2,1-2H3. The van der Waals surface area contributed by atoms with Crippen molar-refractivity contribution in [3.8, 4) is 47.4 Å². The van der Waals surface area contributed by atoms with E-state index in [1.165, 1.54) is 73.6 Å². The van der Waals surface area contributed by atoms with E-state index in [0.29, 0.717) is 5.56 Å². The molecule has 0 saturated heterocycles. The third-order valence-corrected chi connectivity index (χ3v) is 10.9. The van der Waals surface area contributed by atoms with E-state index in [9.17, 15) is 13.2 Å². The van der Waals surface area contributed by atoms with Crippen molar-refractivity contribution in [1.82, 2.24) is 0 Å². The Hall–Kier alpha value is -6.65. The van der Waals surface area contributed by atoms with Gasteiger partial charge in [-0.05, 0) is 152 Å². The van der Waals surface area contributed by atoms with E-state index in [-0.39, 0.29) is 17.5 Å². The predicted molar refractivity (Wildman–Crippen MR) is 262 cm³/mol. The zero-order valence-electron chi connectivity index (χ0n) is 38.2. The molecule has 0 aliphatic carbocycles. The summed E-state index contributed by atoms with van der Waals surface area (Å²) in [5.74, 6) is 21.4. The molecule has 0 bridgehead atoms. The van der Waals surface area contributed by atoms with E-state index < -0.39 is 17.5 Å². The molecule has 6 aromatic carbocycles. The van der Waals surface area contributed by atoms with Crippen LogP contribution in [0.15, 0.2) is 121 Å². The highest BCUT2D eigenvalue weighted by molar-refractivity contribution is 5.53. The van der Waals surface area contributed by atoms with Gasteiger partial charge in [0.15, 0.2) is 17.5 Å². The van der Waals surface area contributed by atoms with E-state index in [0.717, 1.165) is 58.7 Å². The number of halogens is 3. The van der Waals surface area contributed by atoms with E-state index >= 15 is 0 Å². The maximum Gasteiger partial charge on any atom is 0.194 e. The molecular weight excluding hydrogens is 790 g/mol. The van der Waals surface area contributed by atoms with Gasteiger partial charge in [-0.2, -0.15) is 0 Å². The number of benzene rings is 6. The van der Waals surface area contributed by atoms with Crippen molar-refractivity contribution < 1.29 is 13.2 Å². The summed E-state index contributed by atoms with van der Waals surface area (Å²) in [6.45, 7) is 10.5. The molecule has 0 heterocycles. The third-order valence-electron chi connectivity index (χ3n) is 10.9. The molecule has 0 aromatic heterocycles. The van der Waals surface area contributed by atoms with Crippen LogP contribution in [0.4, 0.5) is 13.2 Å². The van der Waals surface area contributed by atoms with E-state index in [2.05, 4.69) is 154 Å². The molecule has 0 aliphatic rings. The lowest BCUT2D eigenvalue weighted by Crippen LogP contribution is -2.00. The first-order valence-electron chi connectivity index (χ1n) is 23.0. The van der Waals surface area contributed by atoms with Crippen LogP contribution in [0, 0.1) is 64.8 Å². The van der Waals surface area contributed by atoms with Crippen LogP contribution < -0.4 is 0 Å². The maximum atomic E-state index is 13.9. The number of unbranched alkanes of at least 4 members (excludes halogenated alkanes) is 4. The fraction of sp³-hybridized carbons (Fsp3) is 0.279. The summed E-state index contributed by atoms with van der Waals surface area (Å²) >= 11 is 0. The summed E-state index contributed by atoms with van der Waals surface area (Å²) in [6.07, 6.45) is 13.3. The van der Waals surface area contributed by atoms with Gasteiger partial charge in [-0.1, -0.05) is 150 Å². The first kappa shape index (κ1) is 48.4. The van der Waals surface area contributed by atoms with E-state index in [4.69, 9.17) is 0 Å². The van der Waals surface area contributed by atoms with Crippen LogP contribution in [-0.4, -0.2) is 0 Å². The van der Waals surface area contributed by atoms with Gasteiger partial charge in [0, 0.05) is 50.1 Å². The Morgan fingerprint density at radius 1 is 0.344 bits per heavy atom. The molecule has 0 radical (unpaired) electrons. The molecule has 0 nitrogen and oxygen atoms in total. The van der Waals surface area contributed by atoms with Crippen molar-refractivity contribution >= 4 is 0 Å². The Kier molecular flexibility index (Phi) is 19.7. The lowest BCUT2D eigenvalue weighted by molar-refractivity contribution is 0.441. The molecule has 0 unspecified atom stereocenters. The van der Waals surface area contributed by atoms with Crippen LogP contribution in [0.2, 0.25) is 0 Å². The van der Waals surface area contributed by atoms with Gasteiger partial charge in [0.1, 0.15) is 0 Å². The zero-order chi connectivity index (χ0) is 45.5. The highest BCUT2D eigenvalue weighted by Crippen LogP contribution is 2.21. The third kappa shape index (κ3) is 15.3. The van der Waals surface area contributed by atoms with Crippen molar-refractivity contribution in [2.75, 3.05) is 0 Å². The van der Waals surface area contributed by atoms with Crippen LogP contribution in [-0.2, 0) is 32.1 Å². The molecule has 0 saturated carbocycles. The summed E-state index contributed by atoms with van der Waals surface area (Å²) in [4.78, 5) is 0. The second kappa shape index (κ2) is 26.1. The van der Waals surface area contributed by atoms with Gasteiger partial charge < -0.3 is 0 Å². The molecule has 0 fully saturated rings. The Balaban J connectivity index is 0.000000241. The highest BCUT2D eigenvalue weighted by Gasteiger charge is 2.16. The van der Waals surface area contributed by atoms with Gasteiger partial charge in [0.05, 0.1) is 0 Å². The molecule has 6 aromatic rings. The van der Waals surface area contributed by atoms with E-state index in [1.54, 1.807) is 19.1 Å². The summed E-state index contributed by atoms with van der Waals surface area (Å²) < 4.78 is 40.9. The summed E-state index contributed by atoms with van der Waals surface area (Å²) in [5, 5.41) is 0. The van der Waals surface area contributed by atoms with E-state index in [1.807, 2.05) is 24.3 Å². The first-order chi connectivity index (χ1) is 31.2. The van der Waals surface area contributed by atoms with Gasteiger partial charge in [0.2, 0.25) is 0 Å². The summed E-state index contributed by atoms with van der Waals surface area (Å²) in [5.41, 5.74) is 12.3. The Morgan fingerprint density at radius 2 is 0.766 bits per heavy atom. The quantitative estimate of drug-likeness (QED) is 0.0654. The minimum absolute atomic E-state index is 0.0783. The molecule has 64 heavy (non-hydrogen) atoms.